The molecule has 0 aromatic rings. The number of piperidine rings is 1. The Balaban J connectivity index is 2.14. The summed E-state index contributed by atoms with van der Waals surface area (Å²) in [6.07, 6.45) is 7.38. The lowest BCUT2D eigenvalue weighted by atomic mass is 9.94. The van der Waals surface area contributed by atoms with Gasteiger partial charge in [0.05, 0.1) is 0 Å². The van der Waals surface area contributed by atoms with Gasteiger partial charge < -0.3 is 5.32 Å². The highest BCUT2D eigenvalue weighted by Gasteiger charge is 2.27. The number of rotatable bonds is 0. The lowest BCUT2D eigenvalue weighted by molar-refractivity contribution is 0.329. The van der Waals surface area contributed by atoms with Crippen LogP contribution in [0.3, 0.4) is 0 Å². The SMILES string of the molecule is CC1CCC2C=CC1N2. The van der Waals surface area contributed by atoms with Gasteiger partial charge in [0.1, 0.15) is 0 Å². The van der Waals surface area contributed by atoms with Gasteiger partial charge in [-0.15, -0.1) is 0 Å². The standard InChI is InChI=1S/C8H13N/c1-6-2-3-7-4-5-8(6)9-7/h4-9H,2-3H2,1H3. The zero-order valence-corrected chi connectivity index (χ0v) is 5.80. The molecule has 1 saturated heterocycles. The fourth-order valence-electron chi connectivity index (χ4n) is 1.77. The molecular formula is C8H13N. The molecule has 9 heavy (non-hydrogen) atoms. The molecule has 0 radical (unpaired) electrons. The van der Waals surface area contributed by atoms with Crippen LogP contribution in [0.15, 0.2) is 12.2 Å². The zero-order chi connectivity index (χ0) is 6.27. The Bertz CT molecular complexity index is 140. The highest BCUT2D eigenvalue weighted by atomic mass is 15.0. The normalized spacial score (nSPS) is 47.9. The average Bonchev–Trinajstić information content (AvgIpc) is 2.25. The summed E-state index contributed by atoms with van der Waals surface area (Å²) < 4.78 is 0. The van der Waals surface area contributed by atoms with Gasteiger partial charge in [-0.25, -0.2) is 0 Å². The second-order valence-electron chi connectivity index (χ2n) is 3.24. The Kier molecular flexibility index (Phi) is 1.12. The highest BCUT2D eigenvalue weighted by Crippen LogP contribution is 2.25. The quantitative estimate of drug-likeness (QED) is 0.479. The minimum atomic E-state index is 0.698. The van der Waals surface area contributed by atoms with Gasteiger partial charge in [-0.2, -0.15) is 0 Å². The van der Waals surface area contributed by atoms with E-state index in [1.54, 1.807) is 0 Å². The fraction of sp³-hybridized carbons (Fsp3) is 0.750. The molecule has 1 N–H and O–H groups in total. The molecule has 1 heteroatoms. The minimum Gasteiger partial charge on any atom is -0.304 e. The summed E-state index contributed by atoms with van der Waals surface area (Å²) in [5.41, 5.74) is 0. The van der Waals surface area contributed by atoms with Gasteiger partial charge >= 0.3 is 0 Å². The van der Waals surface area contributed by atoms with Crippen LogP contribution >= 0.6 is 0 Å². The van der Waals surface area contributed by atoms with Gasteiger partial charge in [-0.1, -0.05) is 19.1 Å². The summed E-state index contributed by atoms with van der Waals surface area (Å²) in [6.45, 7) is 2.32. The molecular weight excluding hydrogens is 110 g/mol. The molecule has 2 aliphatic rings. The maximum absolute atomic E-state index is 3.53. The van der Waals surface area contributed by atoms with Gasteiger partial charge in [0.15, 0.2) is 0 Å². The molecule has 0 spiro atoms. The van der Waals surface area contributed by atoms with E-state index in [2.05, 4.69) is 24.4 Å². The second-order valence-corrected chi connectivity index (χ2v) is 3.24. The highest BCUT2D eigenvalue weighted by molar-refractivity contribution is 5.12. The summed E-state index contributed by atoms with van der Waals surface area (Å²) in [5, 5.41) is 3.53. The molecule has 0 aliphatic carbocycles. The van der Waals surface area contributed by atoms with Crippen molar-refractivity contribution in [3.8, 4) is 0 Å². The first-order valence-electron chi connectivity index (χ1n) is 3.80. The third-order valence-electron chi connectivity index (χ3n) is 2.50. The molecule has 2 bridgehead atoms. The molecule has 2 heterocycles. The predicted octanol–water partition coefficient (Wildman–Crippen LogP) is 1.31. The van der Waals surface area contributed by atoms with Crippen LogP contribution in [0.25, 0.3) is 0 Å². The van der Waals surface area contributed by atoms with E-state index in [0.717, 1.165) is 5.92 Å². The largest absolute Gasteiger partial charge is 0.304 e. The van der Waals surface area contributed by atoms with E-state index >= 15 is 0 Å². The first-order chi connectivity index (χ1) is 4.36. The van der Waals surface area contributed by atoms with Gasteiger partial charge in [0, 0.05) is 12.1 Å². The molecule has 1 fully saturated rings. The predicted molar refractivity (Wildman–Crippen MR) is 38.2 cm³/mol. The third kappa shape index (κ3) is 0.799. The Morgan fingerprint density at radius 2 is 2.22 bits per heavy atom. The molecule has 50 valence electrons. The molecule has 0 saturated carbocycles. The van der Waals surface area contributed by atoms with Gasteiger partial charge in [0.25, 0.3) is 0 Å². The van der Waals surface area contributed by atoms with Crippen LogP contribution in [0.2, 0.25) is 0 Å². The molecule has 2 rings (SSSR count). The topological polar surface area (TPSA) is 12.0 Å². The van der Waals surface area contributed by atoms with Crippen molar-refractivity contribution in [1.29, 1.82) is 0 Å². The van der Waals surface area contributed by atoms with Crippen LogP contribution in [0.4, 0.5) is 0 Å². The molecule has 0 aromatic heterocycles. The molecule has 1 nitrogen and oxygen atoms in total. The Labute approximate surface area is 56.1 Å². The van der Waals surface area contributed by atoms with Crippen LogP contribution in [0, 0.1) is 5.92 Å². The van der Waals surface area contributed by atoms with Crippen LogP contribution in [0.5, 0.6) is 0 Å². The van der Waals surface area contributed by atoms with Gasteiger partial charge in [-0.05, 0) is 18.8 Å². The lowest BCUT2D eigenvalue weighted by Gasteiger charge is -2.27. The average molecular weight is 123 g/mol. The molecule has 2 aliphatic heterocycles. The first kappa shape index (κ1) is 5.48. The van der Waals surface area contributed by atoms with Crippen molar-refractivity contribution in [1.82, 2.24) is 5.32 Å². The van der Waals surface area contributed by atoms with E-state index in [0.29, 0.717) is 12.1 Å². The van der Waals surface area contributed by atoms with E-state index in [1.807, 2.05) is 0 Å². The molecule has 3 unspecified atom stereocenters. The Morgan fingerprint density at radius 3 is 3.00 bits per heavy atom. The van der Waals surface area contributed by atoms with E-state index in [1.165, 1.54) is 12.8 Å². The molecule has 0 aromatic carbocycles. The molecule has 0 amide bonds. The summed E-state index contributed by atoms with van der Waals surface area (Å²) >= 11 is 0. The van der Waals surface area contributed by atoms with E-state index in [9.17, 15) is 0 Å². The summed E-state index contributed by atoms with van der Waals surface area (Å²) in [4.78, 5) is 0. The van der Waals surface area contributed by atoms with Crippen molar-refractivity contribution in [3.05, 3.63) is 12.2 Å². The van der Waals surface area contributed by atoms with Crippen molar-refractivity contribution in [3.63, 3.8) is 0 Å². The monoisotopic (exact) mass is 123 g/mol. The number of fused-ring (bicyclic) bond motifs is 2. The van der Waals surface area contributed by atoms with Crippen LogP contribution in [0.1, 0.15) is 19.8 Å². The van der Waals surface area contributed by atoms with Crippen LogP contribution < -0.4 is 5.32 Å². The van der Waals surface area contributed by atoms with Crippen molar-refractivity contribution < 1.29 is 0 Å². The second kappa shape index (κ2) is 1.84. The Hall–Kier alpha value is -0.300. The van der Waals surface area contributed by atoms with E-state index < -0.39 is 0 Å². The summed E-state index contributed by atoms with van der Waals surface area (Å²) in [5.74, 6) is 0.861. The van der Waals surface area contributed by atoms with Crippen LogP contribution in [-0.4, -0.2) is 12.1 Å². The van der Waals surface area contributed by atoms with E-state index in [-0.39, 0.29) is 0 Å². The lowest BCUT2D eigenvalue weighted by Crippen LogP contribution is -2.39. The maximum atomic E-state index is 3.53. The maximum Gasteiger partial charge on any atom is 0.0281 e. The summed E-state index contributed by atoms with van der Waals surface area (Å²) in [7, 11) is 0. The Morgan fingerprint density at radius 1 is 1.33 bits per heavy atom. The van der Waals surface area contributed by atoms with E-state index in [4.69, 9.17) is 0 Å². The zero-order valence-electron chi connectivity index (χ0n) is 5.80. The van der Waals surface area contributed by atoms with Crippen LogP contribution in [-0.2, 0) is 0 Å². The third-order valence-corrected chi connectivity index (χ3v) is 2.50. The van der Waals surface area contributed by atoms with Gasteiger partial charge in [0.2, 0.25) is 0 Å². The smallest absolute Gasteiger partial charge is 0.0281 e. The van der Waals surface area contributed by atoms with Crippen molar-refractivity contribution in [2.75, 3.05) is 0 Å². The summed E-state index contributed by atoms with van der Waals surface area (Å²) in [6, 6.07) is 1.41. The fourth-order valence-corrected chi connectivity index (χ4v) is 1.77. The number of hydrogen-bond donors (Lipinski definition) is 1. The minimum absolute atomic E-state index is 0.698. The van der Waals surface area contributed by atoms with Crippen molar-refractivity contribution in [2.24, 2.45) is 5.92 Å². The van der Waals surface area contributed by atoms with Gasteiger partial charge in [-0.3, -0.25) is 0 Å². The first-order valence-corrected chi connectivity index (χ1v) is 3.80. The molecule has 3 atom stereocenters. The van der Waals surface area contributed by atoms with Crippen molar-refractivity contribution >= 4 is 0 Å². The number of hydrogen-bond acceptors (Lipinski definition) is 1. The number of nitrogens with one attached hydrogen (secondary N) is 1. The van der Waals surface area contributed by atoms with Crippen molar-refractivity contribution in [2.45, 2.75) is 31.8 Å².